The van der Waals surface area contributed by atoms with Crippen LogP contribution < -0.4 is 0 Å². The fraction of sp³-hybridized carbons (Fsp3) is 0.300. The maximum absolute atomic E-state index is 11.7. The molecule has 0 aromatic heterocycles. The van der Waals surface area contributed by atoms with E-state index in [1.165, 1.54) is 0 Å². The van der Waals surface area contributed by atoms with Crippen molar-refractivity contribution in [2.75, 3.05) is 0 Å². The number of rotatable bonds is 2. The molecule has 0 saturated heterocycles. The SMILES string of the molecule is CC(C)C(=O)c1cc(Cl)c(Cl)cc1Br. The number of hydrogen-bond acceptors (Lipinski definition) is 1. The van der Waals surface area contributed by atoms with Gasteiger partial charge in [0.25, 0.3) is 0 Å². The van der Waals surface area contributed by atoms with Gasteiger partial charge >= 0.3 is 0 Å². The van der Waals surface area contributed by atoms with Crippen LogP contribution in [-0.2, 0) is 0 Å². The molecule has 0 spiro atoms. The molecule has 76 valence electrons. The van der Waals surface area contributed by atoms with Gasteiger partial charge in [-0.25, -0.2) is 0 Å². The zero-order valence-corrected chi connectivity index (χ0v) is 10.9. The van der Waals surface area contributed by atoms with Gasteiger partial charge in [0.2, 0.25) is 0 Å². The molecular weight excluding hydrogens is 287 g/mol. The molecule has 0 saturated carbocycles. The van der Waals surface area contributed by atoms with Crippen LogP contribution >= 0.6 is 39.1 Å². The van der Waals surface area contributed by atoms with Crippen LogP contribution in [0.5, 0.6) is 0 Å². The van der Waals surface area contributed by atoms with Gasteiger partial charge in [-0.1, -0.05) is 37.0 Å². The largest absolute Gasteiger partial charge is 0.294 e. The molecule has 1 aromatic rings. The van der Waals surface area contributed by atoms with Crippen LogP contribution in [0.4, 0.5) is 0 Å². The summed E-state index contributed by atoms with van der Waals surface area (Å²) in [6.45, 7) is 3.69. The van der Waals surface area contributed by atoms with Crippen molar-refractivity contribution in [3.63, 3.8) is 0 Å². The summed E-state index contributed by atoms with van der Waals surface area (Å²) in [6, 6.07) is 3.23. The summed E-state index contributed by atoms with van der Waals surface area (Å²) >= 11 is 14.9. The fourth-order valence-electron chi connectivity index (χ4n) is 1.02. The second kappa shape index (κ2) is 4.65. The molecule has 0 aliphatic heterocycles. The van der Waals surface area contributed by atoms with E-state index in [1.54, 1.807) is 12.1 Å². The summed E-state index contributed by atoms with van der Waals surface area (Å²) in [5.41, 5.74) is 0.578. The number of carbonyl (C=O) groups excluding carboxylic acids is 1. The van der Waals surface area contributed by atoms with Crippen molar-refractivity contribution < 1.29 is 4.79 Å². The normalized spacial score (nSPS) is 10.7. The third-order valence-corrected chi connectivity index (χ3v) is 3.18. The summed E-state index contributed by atoms with van der Waals surface area (Å²) in [5.74, 6) is -0.000941. The summed E-state index contributed by atoms with van der Waals surface area (Å²) in [5, 5.41) is 0.845. The predicted octanol–water partition coefficient (Wildman–Crippen LogP) is 4.59. The summed E-state index contributed by atoms with van der Waals surface area (Å²) in [4.78, 5) is 11.7. The lowest BCUT2D eigenvalue weighted by atomic mass is 10.0. The number of carbonyl (C=O) groups is 1. The van der Waals surface area contributed by atoms with Crippen molar-refractivity contribution in [1.82, 2.24) is 0 Å². The van der Waals surface area contributed by atoms with E-state index in [0.29, 0.717) is 20.1 Å². The van der Waals surface area contributed by atoms with Gasteiger partial charge in [0.15, 0.2) is 5.78 Å². The minimum atomic E-state index is -0.0523. The van der Waals surface area contributed by atoms with Crippen LogP contribution in [0.25, 0.3) is 0 Å². The third kappa shape index (κ3) is 2.50. The second-order valence-electron chi connectivity index (χ2n) is 3.27. The molecule has 1 aromatic carbocycles. The molecule has 14 heavy (non-hydrogen) atoms. The lowest BCUT2D eigenvalue weighted by Gasteiger charge is -2.07. The molecule has 0 unspecified atom stereocenters. The highest BCUT2D eigenvalue weighted by molar-refractivity contribution is 9.10. The Balaban J connectivity index is 3.22. The minimum Gasteiger partial charge on any atom is -0.294 e. The van der Waals surface area contributed by atoms with Crippen LogP contribution in [0.3, 0.4) is 0 Å². The molecule has 0 atom stereocenters. The Bertz CT molecular complexity index is 375. The second-order valence-corrected chi connectivity index (χ2v) is 4.93. The molecule has 0 fully saturated rings. The van der Waals surface area contributed by atoms with Gasteiger partial charge < -0.3 is 0 Å². The first-order chi connectivity index (χ1) is 6.43. The molecular formula is C10H9BrCl2O. The average molecular weight is 296 g/mol. The van der Waals surface area contributed by atoms with Crippen LogP contribution in [0.2, 0.25) is 10.0 Å². The lowest BCUT2D eigenvalue weighted by molar-refractivity contribution is 0.0938. The predicted molar refractivity (Wildman–Crippen MR) is 63.3 cm³/mol. The first-order valence-electron chi connectivity index (χ1n) is 4.12. The van der Waals surface area contributed by atoms with Crippen LogP contribution in [0.1, 0.15) is 24.2 Å². The number of halogens is 3. The molecule has 0 amide bonds. The average Bonchev–Trinajstić information content (AvgIpc) is 2.10. The Labute approximate surface area is 102 Å². The van der Waals surface area contributed by atoms with Crippen LogP contribution in [-0.4, -0.2) is 5.78 Å². The van der Waals surface area contributed by atoms with Gasteiger partial charge in [-0.15, -0.1) is 0 Å². The Morgan fingerprint density at radius 3 is 2.29 bits per heavy atom. The maximum Gasteiger partial charge on any atom is 0.166 e. The molecule has 0 aliphatic carbocycles. The molecule has 1 nitrogen and oxygen atoms in total. The highest BCUT2D eigenvalue weighted by Crippen LogP contribution is 2.30. The monoisotopic (exact) mass is 294 g/mol. The highest BCUT2D eigenvalue weighted by atomic mass is 79.9. The Morgan fingerprint density at radius 2 is 1.79 bits per heavy atom. The van der Waals surface area contributed by atoms with Gasteiger partial charge in [0.05, 0.1) is 10.0 Å². The molecule has 0 radical (unpaired) electrons. The molecule has 0 heterocycles. The van der Waals surface area contributed by atoms with E-state index in [0.717, 1.165) is 0 Å². The zero-order valence-electron chi connectivity index (χ0n) is 7.77. The van der Waals surface area contributed by atoms with E-state index in [2.05, 4.69) is 15.9 Å². The van der Waals surface area contributed by atoms with Crippen molar-refractivity contribution in [1.29, 1.82) is 0 Å². The zero-order chi connectivity index (χ0) is 10.9. The molecule has 0 bridgehead atoms. The lowest BCUT2D eigenvalue weighted by Crippen LogP contribution is -2.08. The van der Waals surface area contributed by atoms with E-state index >= 15 is 0 Å². The van der Waals surface area contributed by atoms with Crippen molar-refractivity contribution in [2.45, 2.75) is 13.8 Å². The number of Topliss-reactive ketones (excluding diaryl/α,β-unsaturated/α-hetero) is 1. The van der Waals surface area contributed by atoms with Crippen molar-refractivity contribution in [2.24, 2.45) is 5.92 Å². The molecule has 0 aliphatic rings. The molecule has 1 rings (SSSR count). The highest BCUT2D eigenvalue weighted by Gasteiger charge is 2.15. The third-order valence-electron chi connectivity index (χ3n) is 1.80. The van der Waals surface area contributed by atoms with Gasteiger partial charge in [0.1, 0.15) is 0 Å². The maximum atomic E-state index is 11.7. The van der Waals surface area contributed by atoms with E-state index in [1.807, 2.05) is 13.8 Å². The van der Waals surface area contributed by atoms with Crippen molar-refractivity contribution >= 4 is 44.9 Å². The van der Waals surface area contributed by atoms with Gasteiger partial charge in [0, 0.05) is 16.0 Å². The standard InChI is InChI=1S/C10H9BrCl2O/c1-5(2)10(14)6-3-8(12)9(13)4-7(6)11/h3-5H,1-2H3. The Kier molecular flexibility index (Phi) is 3.99. The summed E-state index contributed by atoms with van der Waals surface area (Å²) in [6.07, 6.45) is 0. The summed E-state index contributed by atoms with van der Waals surface area (Å²) < 4.78 is 0.686. The molecule has 0 N–H and O–H groups in total. The van der Waals surface area contributed by atoms with E-state index in [-0.39, 0.29) is 11.7 Å². The van der Waals surface area contributed by atoms with Crippen LogP contribution in [0.15, 0.2) is 16.6 Å². The number of ketones is 1. The Morgan fingerprint density at radius 1 is 1.29 bits per heavy atom. The fourth-order valence-corrected chi connectivity index (χ4v) is 2.02. The topological polar surface area (TPSA) is 17.1 Å². The van der Waals surface area contributed by atoms with E-state index in [9.17, 15) is 4.79 Å². The molecule has 4 heteroatoms. The van der Waals surface area contributed by atoms with E-state index in [4.69, 9.17) is 23.2 Å². The Hall–Kier alpha value is -0.0500. The minimum absolute atomic E-state index is 0.0513. The van der Waals surface area contributed by atoms with Crippen molar-refractivity contribution in [3.05, 3.63) is 32.2 Å². The van der Waals surface area contributed by atoms with Crippen LogP contribution in [0, 0.1) is 5.92 Å². The van der Waals surface area contributed by atoms with Gasteiger partial charge in [-0.2, -0.15) is 0 Å². The van der Waals surface area contributed by atoms with Gasteiger partial charge in [-0.05, 0) is 28.1 Å². The van der Waals surface area contributed by atoms with Gasteiger partial charge in [-0.3, -0.25) is 4.79 Å². The van der Waals surface area contributed by atoms with Crippen molar-refractivity contribution in [3.8, 4) is 0 Å². The number of hydrogen-bond donors (Lipinski definition) is 0. The number of benzene rings is 1. The first kappa shape index (κ1) is 12.0. The first-order valence-corrected chi connectivity index (χ1v) is 5.67. The smallest absolute Gasteiger partial charge is 0.166 e. The summed E-state index contributed by atoms with van der Waals surface area (Å²) in [7, 11) is 0. The quantitative estimate of drug-likeness (QED) is 0.576. The van der Waals surface area contributed by atoms with E-state index < -0.39 is 0 Å².